The van der Waals surface area contributed by atoms with Gasteiger partial charge in [-0.05, 0) is 58.9 Å². The maximum Gasteiger partial charge on any atom is 0.309 e. The van der Waals surface area contributed by atoms with Gasteiger partial charge in [0, 0.05) is 23.2 Å². The second kappa shape index (κ2) is 12.6. The molecule has 1 aliphatic heterocycles. The number of hydrogen-bond acceptors (Lipinski definition) is 5. The summed E-state index contributed by atoms with van der Waals surface area (Å²) in [5, 5.41) is 10.1. The smallest absolute Gasteiger partial charge is 0.309 e. The normalized spacial score (nSPS) is 17.8. The van der Waals surface area contributed by atoms with Crippen molar-refractivity contribution in [3.8, 4) is 11.1 Å². The molecule has 0 bridgehead atoms. The number of hydrogen-bond donors (Lipinski definition) is 1. The lowest BCUT2D eigenvalue weighted by Gasteiger charge is -2.25. The second-order valence-corrected chi connectivity index (χ2v) is 10.6. The Bertz CT molecular complexity index is 1320. The van der Waals surface area contributed by atoms with Crippen molar-refractivity contribution in [2.75, 3.05) is 0 Å². The lowest BCUT2D eigenvalue weighted by atomic mass is 9.87. The van der Waals surface area contributed by atoms with Gasteiger partial charge in [0.25, 0.3) is 0 Å². The largest absolute Gasteiger partial charge is 0.458 e. The van der Waals surface area contributed by atoms with Crippen LogP contribution >= 0.6 is 0 Å². The molecule has 1 aliphatic rings. The predicted octanol–water partition coefficient (Wildman–Crippen LogP) is 7.07. The first kappa shape index (κ1) is 28.6. The van der Waals surface area contributed by atoms with Crippen LogP contribution in [-0.4, -0.2) is 28.3 Å². The number of ether oxygens (including phenoxy) is 2. The molecule has 0 unspecified atom stereocenters. The zero-order valence-corrected chi connectivity index (χ0v) is 22.8. The molecule has 7 heteroatoms. The Hall–Kier alpha value is -3.42. The molecule has 2 atom stereocenters. The molecule has 2 aromatic carbocycles. The first-order valence-corrected chi connectivity index (χ1v) is 13.3. The standard InChI is InChI=1S/C32H35F2NO4/c1-19(2)31-27(14-13-26-15-25(36)16-29(37)39-26)30(22-7-11-24(34)12-8-22)28(32(35-31)20(3)4)18-38-17-21-5-9-23(33)10-6-21/h5-14,19-20,25-26,36H,15-18H2,1-4H3/b14-13+/t25-,26-/m0/s1. The molecule has 1 saturated heterocycles. The van der Waals surface area contributed by atoms with Gasteiger partial charge in [-0.3, -0.25) is 9.78 Å². The average Bonchev–Trinajstić information content (AvgIpc) is 2.88. The Labute approximate surface area is 228 Å². The third-order valence-corrected chi connectivity index (χ3v) is 6.72. The van der Waals surface area contributed by atoms with Gasteiger partial charge in [0.2, 0.25) is 0 Å². The average molecular weight is 536 g/mol. The van der Waals surface area contributed by atoms with Crippen LogP contribution in [0.4, 0.5) is 8.78 Å². The number of rotatable bonds is 9. The van der Waals surface area contributed by atoms with E-state index in [1.165, 1.54) is 24.3 Å². The number of esters is 1. The van der Waals surface area contributed by atoms with Gasteiger partial charge in [0.15, 0.2) is 0 Å². The Morgan fingerprint density at radius 1 is 0.974 bits per heavy atom. The van der Waals surface area contributed by atoms with Gasteiger partial charge in [-0.1, -0.05) is 58.0 Å². The maximum absolute atomic E-state index is 14.0. The summed E-state index contributed by atoms with van der Waals surface area (Å²) in [7, 11) is 0. The van der Waals surface area contributed by atoms with Crippen LogP contribution in [0.15, 0.2) is 54.6 Å². The van der Waals surface area contributed by atoms with Crippen LogP contribution in [-0.2, 0) is 27.5 Å². The fourth-order valence-corrected chi connectivity index (χ4v) is 4.84. The van der Waals surface area contributed by atoms with Crippen LogP contribution < -0.4 is 0 Å². The second-order valence-electron chi connectivity index (χ2n) is 10.6. The molecule has 0 aliphatic carbocycles. The number of aliphatic hydroxyl groups is 1. The quantitative estimate of drug-likeness (QED) is 0.297. The summed E-state index contributed by atoms with van der Waals surface area (Å²) >= 11 is 0. The molecule has 1 fully saturated rings. The highest BCUT2D eigenvalue weighted by Crippen LogP contribution is 2.38. The van der Waals surface area contributed by atoms with Crippen molar-refractivity contribution in [1.82, 2.24) is 4.98 Å². The van der Waals surface area contributed by atoms with Gasteiger partial charge in [-0.2, -0.15) is 0 Å². The summed E-state index contributed by atoms with van der Waals surface area (Å²) in [6.07, 6.45) is 2.67. The topological polar surface area (TPSA) is 68.7 Å². The van der Waals surface area contributed by atoms with E-state index in [1.54, 1.807) is 30.3 Å². The number of carbonyl (C=O) groups is 1. The number of pyridine rings is 1. The zero-order chi connectivity index (χ0) is 28.1. The van der Waals surface area contributed by atoms with Gasteiger partial charge in [-0.15, -0.1) is 0 Å². The van der Waals surface area contributed by atoms with E-state index >= 15 is 0 Å². The molecule has 1 aromatic heterocycles. The van der Waals surface area contributed by atoms with E-state index < -0.39 is 18.2 Å². The van der Waals surface area contributed by atoms with E-state index in [9.17, 15) is 18.7 Å². The lowest BCUT2D eigenvalue weighted by Crippen LogP contribution is -2.31. The molecule has 39 heavy (non-hydrogen) atoms. The van der Waals surface area contributed by atoms with E-state index in [-0.39, 0.29) is 43.1 Å². The van der Waals surface area contributed by atoms with E-state index in [2.05, 4.69) is 27.7 Å². The van der Waals surface area contributed by atoms with Crippen LogP contribution in [0.5, 0.6) is 0 Å². The maximum atomic E-state index is 14.0. The van der Waals surface area contributed by atoms with Gasteiger partial charge in [0.05, 0.1) is 31.4 Å². The number of benzene rings is 2. The minimum atomic E-state index is -0.751. The monoisotopic (exact) mass is 535 g/mol. The lowest BCUT2D eigenvalue weighted by molar-refractivity contribution is -0.156. The highest BCUT2D eigenvalue weighted by Gasteiger charge is 2.27. The van der Waals surface area contributed by atoms with Crippen molar-refractivity contribution >= 4 is 12.0 Å². The van der Waals surface area contributed by atoms with E-state index in [0.29, 0.717) is 6.42 Å². The molecule has 206 valence electrons. The van der Waals surface area contributed by atoms with E-state index in [1.807, 2.05) is 6.08 Å². The van der Waals surface area contributed by atoms with Crippen molar-refractivity contribution < 1.29 is 28.2 Å². The Morgan fingerprint density at radius 2 is 1.59 bits per heavy atom. The van der Waals surface area contributed by atoms with Crippen molar-refractivity contribution in [3.63, 3.8) is 0 Å². The van der Waals surface area contributed by atoms with Gasteiger partial charge in [-0.25, -0.2) is 8.78 Å². The summed E-state index contributed by atoms with van der Waals surface area (Å²) in [5.41, 5.74) is 5.98. The molecule has 1 N–H and O–H groups in total. The third-order valence-electron chi connectivity index (χ3n) is 6.72. The van der Waals surface area contributed by atoms with Gasteiger partial charge in [0.1, 0.15) is 17.7 Å². The number of halogens is 2. The number of cyclic esters (lactones) is 1. The molecule has 0 radical (unpaired) electrons. The summed E-state index contributed by atoms with van der Waals surface area (Å²) in [4.78, 5) is 17.0. The third kappa shape index (κ3) is 7.16. The van der Waals surface area contributed by atoms with Crippen LogP contribution in [0.2, 0.25) is 0 Å². The van der Waals surface area contributed by atoms with Crippen molar-refractivity contribution in [2.45, 2.75) is 77.8 Å². The first-order valence-electron chi connectivity index (χ1n) is 13.3. The molecule has 0 amide bonds. The molecule has 3 aromatic rings. The predicted molar refractivity (Wildman–Crippen MR) is 147 cm³/mol. The van der Waals surface area contributed by atoms with Crippen LogP contribution in [0.3, 0.4) is 0 Å². The molecule has 4 rings (SSSR count). The number of nitrogens with zero attached hydrogens (tertiary/aromatic N) is 1. The molecule has 0 saturated carbocycles. The van der Waals surface area contributed by atoms with Gasteiger partial charge >= 0.3 is 5.97 Å². The van der Waals surface area contributed by atoms with Crippen molar-refractivity contribution in [2.24, 2.45) is 0 Å². The summed E-state index contributed by atoms with van der Waals surface area (Å²) in [6.45, 7) is 8.79. The molecule has 5 nitrogen and oxygen atoms in total. The minimum Gasteiger partial charge on any atom is -0.458 e. The summed E-state index contributed by atoms with van der Waals surface area (Å²) < 4.78 is 38.9. The Balaban J connectivity index is 1.83. The number of aliphatic hydroxyl groups excluding tert-OH is 1. The van der Waals surface area contributed by atoms with Crippen LogP contribution in [0.25, 0.3) is 17.2 Å². The Kier molecular flexibility index (Phi) is 9.25. The molecule has 0 spiro atoms. The SMILES string of the molecule is CC(C)c1nc(C(C)C)c(COCc2ccc(F)cc2)c(-c2ccc(F)cc2)c1/C=C/[C@H]1C[C@H](O)CC(=O)O1. The molecular formula is C32H35F2NO4. The zero-order valence-electron chi connectivity index (χ0n) is 22.8. The fraction of sp³-hybridized carbons (Fsp3) is 0.375. The summed E-state index contributed by atoms with van der Waals surface area (Å²) in [6, 6.07) is 12.5. The highest BCUT2D eigenvalue weighted by molar-refractivity contribution is 5.80. The van der Waals surface area contributed by atoms with Gasteiger partial charge < -0.3 is 14.6 Å². The number of aromatic nitrogens is 1. The minimum absolute atomic E-state index is 0.0113. The van der Waals surface area contributed by atoms with Crippen LogP contribution in [0.1, 0.15) is 80.5 Å². The van der Waals surface area contributed by atoms with Crippen molar-refractivity contribution in [3.05, 3.63) is 94.3 Å². The number of carbonyl (C=O) groups excluding carboxylic acids is 1. The van der Waals surface area contributed by atoms with E-state index in [0.717, 1.165) is 39.2 Å². The highest BCUT2D eigenvalue weighted by atomic mass is 19.1. The fourth-order valence-electron chi connectivity index (χ4n) is 4.84. The van der Waals surface area contributed by atoms with E-state index in [4.69, 9.17) is 14.5 Å². The first-order chi connectivity index (χ1) is 18.6. The molecular weight excluding hydrogens is 500 g/mol. The molecule has 2 heterocycles. The van der Waals surface area contributed by atoms with Crippen LogP contribution in [0, 0.1) is 11.6 Å². The summed E-state index contributed by atoms with van der Waals surface area (Å²) in [5.74, 6) is -0.932. The van der Waals surface area contributed by atoms with Crippen molar-refractivity contribution in [1.29, 1.82) is 0 Å². The Morgan fingerprint density at radius 3 is 2.18 bits per heavy atom.